The topological polar surface area (TPSA) is 76.7 Å². The van der Waals surface area contributed by atoms with Crippen molar-refractivity contribution >= 4 is 23.2 Å². The third-order valence-electron chi connectivity index (χ3n) is 4.90. The van der Waals surface area contributed by atoms with Gasteiger partial charge in [0.05, 0.1) is 12.8 Å². The number of carbonyl (C=O) groups is 2. The average Bonchev–Trinajstić information content (AvgIpc) is 2.83. The quantitative estimate of drug-likeness (QED) is 0.455. The van der Waals surface area contributed by atoms with Crippen LogP contribution in [0.1, 0.15) is 35.7 Å². The van der Waals surface area contributed by atoms with Gasteiger partial charge in [-0.15, -0.1) is 0 Å². The minimum Gasteiger partial charge on any atom is -0.495 e. The molecule has 3 rings (SSSR count). The van der Waals surface area contributed by atoms with Gasteiger partial charge >= 0.3 is 0 Å². The molecule has 2 N–H and O–H groups in total. The van der Waals surface area contributed by atoms with Crippen molar-refractivity contribution in [2.75, 3.05) is 24.4 Å². The van der Waals surface area contributed by atoms with Gasteiger partial charge < -0.3 is 20.1 Å². The van der Waals surface area contributed by atoms with Crippen LogP contribution in [-0.2, 0) is 11.2 Å². The van der Waals surface area contributed by atoms with Gasteiger partial charge in [0.1, 0.15) is 11.5 Å². The van der Waals surface area contributed by atoms with Crippen molar-refractivity contribution in [3.8, 4) is 11.5 Å². The molecule has 6 nitrogen and oxygen atoms in total. The Bertz CT molecular complexity index is 1030. The highest BCUT2D eigenvalue weighted by atomic mass is 16.5. The molecule has 0 heterocycles. The summed E-state index contributed by atoms with van der Waals surface area (Å²) >= 11 is 0. The molecule has 32 heavy (non-hydrogen) atoms. The molecule has 2 amide bonds. The van der Waals surface area contributed by atoms with Crippen LogP contribution in [0.15, 0.2) is 72.8 Å². The lowest BCUT2D eigenvalue weighted by atomic mass is 10.1. The molecule has 0 saturated heterocycles. The predicted octanol–water partition coefficient (Wildman–Crippen LogP) is 5.31. The fourth-order valence-electron chi connectivity index (χ4n) is 3.12. The molecule has 0 aliphatic heterocycles. The van der Waals surface area contributed by atoms with E-state index in [4.69, 9.17) is 9.47 Å². The Balaban J connectivity index is 1.49. The zero-order valence-electron chi connectivity index (χ0n) is 18.4. The van der Waals surface area contributed by atoms with Crippen LogP contribution in [-0.4, -0.2) is 25.5 Å². The average molecular weight is 433 g/mol. The van der Waals surface area contributed by atoms with E-state index in [1.54, 1.807) is 43.5 Å². The number of nitrogens with one attached hydrogen (secondary N) is 2. The molecular formula is C26H28N2O4. The maximum Gasteiger partial charge on any atom is 0.262 e. The molecule has 0 spiro atoms. The molecule has 0 bridgehead atoms. The molecule has 0 aliphatic carbocycles. The maximum atomic E-state index is 12.5. The first-order chi connectivity index (χ1) is 15.6. The molecule has 0 fully saturated rings. The number of benzene rings is 3. The Morgan fingerprint density at radius 1 is 0.875 bits per heavy atom. The highest BCUT2D eigenvalue weighted by Gasteiger charge is 2.09. The van der Waals surface area contributed by atoms with Crippen molar-refractivity contribution in [2.24, 2.45) is 0 Å². The highest BCUT2D eigenvalue weighted by molar-refractivity contribution is 6.04. The second kappa shape index (κ2) is 11.6. The number of hydrogen-bond acceptors (Lipinski definition) is 4. The van der Waals surface area contributed by atoms with E-state index in [-0.39, 0.29) is 18.4 Å². The van der Waals surface area contributed by atoms with Gasteiger partial charge in [0.2, 0.25) is 0 Å². The monoisotopic (exact) mass is 432 g/mol. The molecule has 3 aromatic carbocycles. The van der Waals surface area contributed by atoms with Crippen LogP contribution in [0.3, 0.4) is 0 Å². The molecule has 0 atom stereocenters. The minimum absolute atomic E-state index is 0.159. The fraction of sp³-hybridized carbons (Fsp3) is 0.231. The van der Waals surface area contributed by atoms with Gasteiger partial charge in [0, 0.05) is 11.3 Å². The summed E-state index contributed by atoms with van der Waals surface area (Å²) in [7, 11) is 1.54. The van der Waals surface area contributed by atoms with Crippen molar-refractivity contribution in [2.45, 2.75) is 26.2 Å². The van der Waals surface area contributed by atoms with Gasteiger partial charge in [-0.3, -0.25) is 9.59 Å². The Labute approximate surface area is 188 Å². The van der Waals surface area contributed by atoms with Crippen molar-refractivity contribution in [3.05, 3.63) is 83.9 Å². The summed E-state index contributed by atoms with van der Waals surface area (Å²) in [6.07, 6.45) is 3.36. The largest absolute Gasteiger partial charge is 0.495 e. The SMILES string of the molecule is CCCCc1ccc(NC(=O)c2ccc(OCC(=O)Nc3ccccc3OC)cc2)cc1. The number of amides is 2. The summed E-state index contributed by atoms with van der Waals surface area (Å²) in [6, 6.07) is 21.7. The predicted molar refractivity (Wildman–Crippen MR) is 127 cm³/mol. The lowest BCUT2D eigenvalue weighted by molar-refractivity contribution is -0.118. The number of anilines is 2. The van der Waals surface area contributed by atoms with Gasteiger partial charge in [-0.25, -0.2) is 0 Å². The molecule has 6 heteroatoms. The molecule has 0 radical (unpaired) electrons. The van der Waals surface area contributed by atoms with E-state index in [0.717, 1.165) is 24.9 Å². The van der Waals surface area contributed by atoms with Crippen LogP contribution in [0.4, 0.5) is 11.4 Å². The molecule has 0 aromatic heterocycles. The normalized spacial score (nSPS) is 10.3. The van der Waals surface area contributed by atoms with Gasteiger partial charge in [-0.05, 0) is 66.9 Å². The van der Waals surface area contributed by atoms with Gasteiger partial charge in [0.25, 0.3) is 11.8 Å². The van der Waals surface area contributed by atoms with E-state index in [1.807, 2.05) is 36.4 Å². The van der Waals surface area contributed by atoms with E-state index < -0.39 is 0 Å². The zero-order valence-corrected chi connectivity index (χ0v) is 18.4. The van der Waals surface area contributed by atoms with Crippen LogP contribution >= 0.6 is 0 Å². The summed E-state index contributed by atoms with van der Waals surface area (Å²) in [4.78, 5) is 24.6. The highest BCUT2D eigenvalue weighted by Crippen LogP contribution is 2.23. The second-order valence-electron chi connectivity index (χ2n) is 7.32. The van der Waals surface area contributed by atoms with Crippen LogP contribution in [0, 0.1) is 0 Å². The maximum absolute atomic E-state index is 12.5. The smallest absolute Gasteiger partial charge is 0.262 e. The summed E-state index contributed by atoms with van der Waals surface area (Å²) in [5, 5.41) is 5.64. The Kier molecular flexibility index (Phi) is 8.26. The molecule has 3 aromatic rings. The number of hydrogen-bond donors (Lipinski definition) is 2. The van der Waals surface area contributed by atoms with E-state index in [9.17, 15) is 9.59 Å². The number of ether oxygens (including phenoxy) is 2. The number of para-hydroxylation sites is 2. The third-order valence-corrected chi connectivity index (χ3v) is 4.90. The first-order valence-electron chi connectivity index (χ1n) is 10.6. The number of methoxy groups -OCH3 is 1. The van der Waals surface area contributed by atoms with Crippen molar-refractivity contribution in [1.82, 2.24) is 0 Å². The van der Waals surface area contributed by atoms with E-state index in [1.165, 1.54) is 5.56 Å². The standard InChI is InChI=1S/C26H28N2O4/c1-3-4-7-19-10-14-21(15-11-19)27-26(30)20-12-16-22(17-13-20)32-18-25(29)28-23-8-5-6-9-24(23)31-2/h5-6,8-17H,3-4,7,18H2,1-2H3,(H,27,30)(H,28,29). The Morgan fingerprint density at radius 2 is 1.59 bits per heavy atom. The summed E-state index contributed by atoms with van der Waals surface area (Å²) < 4.78 is 10.7. The minimum atomic E-state index is -0.307. The van der Waals surface area contributed by atoms with E-state index in [0.29, 0.717) is 22.7 Å². The van der Waals surface area contributed by atoms with Crippen molar-refractivity contribution < 1.29 is 19.1 Å². The van der Waals surface area contributed by atoms with Crippen LogP contribution in [0.2, 0.25) is 0 Å². The summed E-state index contributed by atoms with van der Waals surface area (Å²) in [5.41, 5.74) is 3.10. The Morgan fingerprint density at radius 3 is 2.28 bits per heavy atom. The molecule has 166 valence electrons. The van der Waals surface area contributed by atoms with E-state index >= 15 is 0 Å². The van der Waals surface area contributed by atoms with Gasteiger partial charge in [0.15, 0.2) is 6.61 Å². The molecule has 0 saturated carbocycles. The van der Waals surface area contributed by atoms with Gasteiger partial charge in [-0.1, -0.05) is 37.6 Å². The summed E-state index contributed by atoms with van der Waals surface area (Å²) in [5.74, 6) is 0.564. The lowest BCUT2D eigenvalue weighted by Gasteiger charge is -2.11. The zero-order chi connectivity index (χ0) is 22.8. The molecule has 0 unspecified atom stereocenters. The first kappa shape index (κ1) is 22.9. The molecular weight excluding hydrogens is 404 g/mol. The van der Waals surface area contributed by atoms with E-state index in [2.05, 4.69) is 17.6 Å². The van der Waals surface area contributed by atoms with Crippen molar-refractivity contribution in [1.29, 1.82) is 0 Å². The van der Waals surface area contributed by atoms with Crippen LogP contribution in [0.5, 0.6) is 11.5 Å². The number of rotatable bonds is 10. The first-order valence-corrected chi connectivity index (χ1v) is 10.6. The second-order valence-corrected chi connectivity index (χ2v) is 7.32. The third kappa shape index (κ3) is 6.60. The van der Waals surface area contributed by atoms with Crippen LogP contribution < -0.4 is 20.1 Å². The molecule has 0 aliphatic rings. The number of aryl methyl sites for hydroxylation is 1. The lowest BCUT2D eigenvalue weighted by Crippen LogP contribution is -2.20. The summed E-state index contributed by atoms with van der Waals surface area (Å²) in [6.45, 7) is 2.01. The number of carbonyl (C=O) groups excluding carboxylic acids is 2. The van der Waals surface area contributed by atoms with Crippen molar-refractivity contribution in [3.63, 3.8) is 0 Å². The fourth-order valence-corrected chi connectivity index (χ4v) is 3.12. The van der Waals surface area contributed by atoms with Crippen LogP contribution in [0.25, 0.3) is 0 Å². The number of unbranched alkanes of at least 4 members (excludes halogenated alkanes) is 1. The van der Waals surface area contributed by atoms with Gasteiger partial charge in [-0.2, -0.15) is 0 Å². The Hall–Kier alpha value is -3.80.